The minimum absolute atomic E-state index is 0.489. The van der Waals surface area contributed by atoms with Crippen molar-refractivity contribution in [2.45, 2.75) is 59.0 Å². The topological polar surface area (TPSA) is 52.6 Å². The van der Waals surface area contributed by atoms with Crippen molar-refractivity contribution in [1.82, 2.24) is 20.5 Å². The first-order valence-electron chi connectivity index (χ1n) is 9.12. The van der Waals surface area contributed by atoms with Gasteiger partial charge in [0.2, 0.25) is 0 Å². The van der Waals surface area contributed by atoms with Crippen LogP contribution in [0.3, 0.4) is 0 Å². The van der Waals surface area contributed by atoms with Gasteiger partial charge in [0.1, 0.15) is 5.01 Å². The van der Waals surface area contributed by atoms with Crippen molar-refractivity contribution >= 4 is 17.3 Å². The average Bonchev–Trinajstić information content (AvgIpc) is 3.04. The van der Waals surface area contributed by atoms with Gasteiger partial charge in [-0.3, -0.25) is 4.99 Å². The van der Waals surface area contributed by atoms with E-state index in [1.807, 2.05) is 7.05 Å². The fourth-order valence-electron chi connectivity index (χ4n) is 3.03. The lowest BCUT2D eigenvalue weighted by Crippen LogP contribution is -2.45. The predicted molar refractivity (Wildman–Crippen MR) is 104 cm³/mol. The van der Waals surface area contributed by atoms with Crippen LogP contribution in [0.15, 0.2) is 10.4 Å². The quantitative estimate of drug-likeness (QED) is 0.611. The van der Waals surface area contributed by atoms with Gasteiger partial charge in [-0.25, -0.2) is 4.98 Å². The van der Waals surface area contributed by atoms with Gasteiger partial charge >= 0.3 is 0 Å². The van der Waals surface area contributed by atoms with Crippen molar-refractivity contribution < 1.29 is 0 Å². The smallest absolute Gasteiger partial charge is 0.191 e. The van der Waals surface area contributed by atoms with Crippen molar-refractivity contribution in [3.05, 3.63) is 16.1 Å². The minimum Gasteiger partial charge on any atom is -0.356 e. The molecule has 0 aliphatic carbocycles. The number of likely N-dealkylation sites (tertiary alicyclic amines) is 1. The van der Waals surface area contributed by atoms with Crippen LogP contribution >= 0.6 is 11.3 Å². The number of hydrogen-bond acceptors (Lipinski definition) is 4. The van der Waals surface area contributed by atoms with E-state index >= 15 is 0 Å². The largest absolute Gasteiger partial charge is 0.356 e. The molecule has 2 rings (SSSR count). The molecule has 1 aliphatic heterocycles. The lowest BCUT2D eigenvalue weighted by molar-refractivity contribution is 0.141. The van der Waals surface area contributed by atoms with Gasteiger partial charge in [0.05, 0.1) is 12.2 Å². The van der Waals surface area contributed by atoms with Gasteiger partial charge in [-0.15, -0.1) is 11.3 Å². The molecule has 136 valence electrons. The van der Waals surface area contributed by atoms with Gasteiger partial charge in [0.25, 0.3) is 0 Å². The maximum atomic E-state index is 4.66. The lowest BCUT2D eigenvalue weighted by Gasteiger charge is -2.35. The third-order valence-corrected chi connectivity index (χ3v) is 5.50. The fourth-order valence-corrected chi connectivity index (χ4v) is 3.92. The number of rotatable bonds is 6. The molecule has 1 aromatic rings. The van der Waals surface area contributed by atoms with Crippen molar-refractivity contribution in [2.75, 3.05) is 26.7 Å². The molecular weight excluding hydrogens is 318 g/mol. The third kappa shape index (κ3) is 5.74. The third-order valence-electron chi connectivity index (χ3n) is 4.63. The number of thiazole rings is 1. The van der Waals surface area contributed by atoms with E-state index in [1.54, 1.807) is 11.3 Å². The number of nitrogens with zero attached hydrogens (tertiary/aromatic N) is 3. The Morgan fingerprint density at radius 1 is 1.38 bits per heavy atom. The molecule has 6 heteroatoms. The number of aliphatic imine (C=N–C) groups is 1. The van der Waals surface area contributed by atoms with E-state index in [2.05, 4.69) is 58.6 Å². The molecule has 1 fully saturated rings. The summed E-state index contributed by atoms with van der Waals surface area (Å²) >= 11 is 1.72. The number of hydrogen-bond donors (Lipinski definition) is 2. The Morgan fingerprint density at radius 2 is 2.17 bits per heavy atom. The maximum Gasteiger partial charge on any atom is 0.191 e. The molecule has 1 atom stereocenters. The van der Waals surface area contributed by atoms with E-state index in [1.165, 1.54) is 31.6 Å². The van der Waals surface area contributed by atoms with Crippen molar-refractivity contribution in [1.29, 1.82) is 0 Å². The SMILES string of the molecule is CN=C(NCc1nc(C(C)C)cs1)NCC1CCCN(C(C)C)C1. The summed E-state index contributed by atoms with van der Waals surface area (Å²) in [7, 11) is 1.83. The number of nitrogens with one attached hydrogen (secondary N) is 2. The normalized spacial score (nSPS) is 20.0. The maximum absolute atomic E-state index is 4.66. The molecule has 1 unspecified atom stereocenters. The van der Waals surface area contributed by atoms with Crippen LogP contribution < -0.4 is 10.6 Å². The van der Waals surface area contributed by atoms with Gasteiger partial charge in [-0.1, -0.05) is 13.8 Å². The van der Waals surface area contributed by atoms with Gasteiger partial charge < -0.3 is 15.5 Å². The van der Waals surface area contributed by atoms with Crippen LogP contribution in [0.2, 0.25) is 0 Å². The molecule has 24 heavy (non-hydrogen) atoms. The zero-order valence-corrected chi connectivity index (χ0v) is 16.6. The Hall–Kier alpha value is -1.14. The van der Waals surface area contributed by atoms with E-state index in [9.17, 15) is 0 Å². The first kappa shape index (κ1) is 19.2. The molecule has 0 saturated carbocycles. The molecule has 0 amide bonds. The summed E-state index contributed by atoms with van der Waals surface area (Å²) in [5.74, 6) is 2.06. The highest BCUT2D eigenvalue weighted by molar-refractivity contribution is 7.09. The standard InChI is InChI=1S/C18H33N5S/c1-13(2)16-12-24-17(22-16)10-21-18(19-5)20-9-15-7-6-8-23(11-15)14(3)4/h12-15H,6-11H2,1-5H3,(H2,19,20,21). The zero-order chi connectivity index (χ0) is 17.5. The van der Waals surface area contributed by atoms with Crippen LogP contribution in [0.5, 0.6) is 0 Å². The summed E-state index contributed by atoms with van der Waals surface area (Å²) in [6.45, 7) is 13.1. The second kappa shape index (κ2) is 9.37. The molecule has 2 heterocycles. The molecule has 5 nitrogen and oxygen atoms in total. The van der Waals surface area contributed by atoms with E-state index in [0.29, 0.717) is 17.9 Å². The van der Waals surface area contributed by atoms with Crippen LogP contribution in [0, 0.1) is 5.92 Å². The van der Waals surface area contributed by atoms with Gasteiger partial charge in [-0.2, -0.15) is 0 Å². The van der Waals surface area contributed by atoms with Crippen LogP contribution in [0.25, 0.3) is 0 Å². The second-order valence-corrected chi connectivity index (χ2v) is 8.17. The summed E-state index contributed by atoms with van der Waals surface area (Å²) in [5.41, 5.74) is 1.18. The fraction of sp³-hybridized carbons (Fsp3) is 0.778. The summed E-state index contributed by atoms with van der Waals surface area (Å²) in [6.07, 6.45) is 2.60. The highest BCUT2D eigenvalue weighted by Gasteiger charge is 2.21. The van der Waals surface area contributed by atoms with Crippen molar-refractivity contribution in [2.24, 2.45) is 10.9 Å². The van der Waals surface area contributed by atoms with Gasteiger partial charge in [0, 0.05) is 31.6 Å². The van der Waals surface area contributed by atoms with Crippen LogP contribution in [0.1, 0.15) is 57.2 Å². The molecule has 0 radical (unpaired) electrons. The molecule has 1 aromatic heterocycles. The van der Waals surface area contributed by atoms with Crippen LogP contribution in [-0.4, -0.2) is 48.6 Å². The number of piperidine rings is 1. The van der Waals surface area contributed by atoms with Crippen LogP contribution in [0.4, 0.5) is 0 Å². The van der Waals surface area contributed by atoms with Gasteiger partial charge in [-0.05, 0) is 45.1 Å². The number of aromatic nitrogens is 1. The Morgan fingerprint density at radius 3 is 2.79 bits per heavy atom. The molecule has 0 spiro atoms. The molecule has 2 N–H and O–H groups in total. The molecule has 0 aromatic carbocycles. The molecule has 1 aliphatic rings. The monoisotopic (exact) mass is 351 g/mol. The molecular formula is C18H33N5S. The zero-order valence-electron chi connectivity index (χ0n) is 15.8. The predicted octanol–water partition coefficient (Wildman–Crippen LogP) is 3.05. The van der Waals surface area contributed by atoms with E-state index in [0.717, 1.165) is 24.1 Å². The Balaban J connectivity index is 1.75. The highest BCUT2D eigenvalue weighted by atomic mass is 32.1. The van der Waals surface area contributed by atoms with E-state index in [-0.39, 0.29) is 0 Å². The van der Waals surface area contributed by atoms with Crippen LogP contribution in [-0.2, 0) is 6.54 Å². The molecule has 1 saturated heterocycles. The Kier molecular flexibility index (Phi) is 7.49. The molecule has 0 bridgehead atoms. The average molecular weight is 352 g/mol. The Labute approximate surface area is 151 Å². The summed E-state index contributed by atoms with van der Waals surface area (Å²) in [4.78, 5) is 11.6. The van der Waals surface area contributed by atoms with Crippen molar-refractivity contribution in [3.63, 3.8) is 0 Å². The first-order chi connectivity index (χ1) is 11.5. The minimum atomic E-state index is 0.489. The summed E-state index contributed by atoms with van der Waals surface area (Å²) in [6, 6.07) is 0.644. The summed E-state index contributed by atoms with van der Waals surface area (Å²) in [5, 5.41) is 10.1. The van der Waals surface area contributed by atoms with Gasteiger partial charge in [0.15, 0.2) is 5.96 Å². The van der Waals surface area contributed by atoms with E-state index < -0.39 is 0 Å². The summed E-state index contributed by atoms with van der Waals surface area (Å²) < 4.78 is 0. The Bertz CT molecular complexity index is 523. The van der Waals surface area contributed by atoms with Crippen molar-refractivity contribution in [3.8, 4) is 0 Å². The number of guanidine groups is 1. The first-order valence-corrected chi connectivity index (χ1v) is 10.0. The second-order valence-electron chi connectivity index (χ2n) is 7.22. The van der Waals surface area contributed by atoms with E-state index in [4.69, 9.17) is 0 Å². The lowest BCUT2D eigenvalue weighted by atomic mass is 9.97. The highest BCUT2D eigenvalue weighted by Crippen LogP contribution is 2.18.